The molecule has 0 atom stereocenters. The second-order valence-corrected chi connectivity index (χ2v) is 8.60. The van der Waals surface area contributed by atoms with Crippen molar-refractivity contribution in [1.29, 1.82) is 0 Å². The molecular weight excluding hydrogens is 315 g/mol. The quantitative estimate of drug-likeness (QED) is 0.626. The molecule has 0 heterocycles. The maximum Gasteiger partial charge on any atom is 0.147 e. The van der Waals surface area contributed by atoms with Gasteiger partial charge in [-0.2, -0.15) is 0 Å². The van der Waals surface area contributed by atoms with Crippen LogP contribution >= 0.6 is 7.14 Å². The van der Waals surface area contributed by atoms with Crippen LogP contribution in [-0.2, 0) is 22.1 Å². The lowest BCUT2D eigenvalue weighted by Crippen LogP contribution is -2.18. The monoisotopic (exact) mass is 336 g/mol. The minimum atomic E-state index is -2.75. The maximum atomic E-state index is 14.1. The molecule has 0 aromatic heterocycles. The Balaban J connectivity index is 2.09. The lowest BCUT2D eigenvalue weighted by molar-refractivity contribution is 0.184. The summed E-state index contributed by atoms with van der Waals surface area (Å²) < 4.78 is 19.4. The van der Waals surface area contributed by atoms with Gasteiger partial charge in [0.2, 0.25) is 0 Å². The van der Waals surface area contributed by atoms with Crippen molar-refractivity contribution in [1.82, 2.24) is 0 Å². The molecule has 2 nitrogen and oxygen atoms in total. The molecule has 0 unspecified atom stereocenters. The summed E-state index contributed by atoms with van der Waals surface area (Å²) in [6.45, 7) is 0.528. The van der Waals surface area contributed by atoms with Crippen LogP contribution in [0, 0.1) is 0 Å². The number of hydrogen-bond donors (Lipinski definition) is 0. The molecule has 0 fully saturated rings. The third-order valence-electron chi connectivity index (χ3n) is 4.16. The molecule has 0 aliphatic heterocycles. The van der Waals surface area contributed by atoms with E-state index in [9.17, 15) is 4.57 Å². The fourth-order valence-corrected chi connectivity index (χ4v) is 5.68. The largest absolute Gasteiger partial charge is 0.380 e. The van der Waals surface area contributed by atoms with Crippen LogP contribution in [0.15, 0.2) is 84.9 Å². The molecule has 3 aromatic rings. The van der Waals surface area contributed by atoms with Crippen molar-refractivity contribution in [3.8, 4) is 0 Å². The van der Waals surface area contributed by atoms with Gasteiger partial charge in [-0.15, -0.1) is 0 Å². The van der Waals surface area contributed by atoms with E-state index >= 15 is 0 Å². The van der Waals surface area contributed by atoms with Gasteiger partial charge in [-0.3, -0.25) is 0 Å². The zero-order chi connectivity index (χ0) is 16.8. The standard InChI is InChI=1S/C21H21O2P/c1-23-16-18-10-8-9-11-19(18)17-24(22,20-12-4-2-5-13-20)21-14-6-3-7-15-21/h2-15H,16-17H2,1H3. The Bertz CT molecular complexity index is 785. The SMILES string of the molecule is COCc1ccccc1CP(=O)(c1ccccc1)c1ccccc1. The minimum Gasteiger partial charge on any atom is -0.380 e. The van der Waals surface area contributed by atoms with Crippen LogP contribution < -0.4 is 10.6 Å². The molecule has 0 radical (unpaired) electrons. The molecule has 3 aromatic carbocycles. The summed E-state index contributed by atoms with van der Waals surface area (Å²) in [5.74, 6) is 0. The van der Waals surface area contributed by atoms with E-state index in [2.05, 4.69) is 0 Å². The maximum absolute atomic E-state index is 14.1. The third-order valence-corrected chi connectivity index (χ3v) is 7.21. The van der Waals surface area contributed by atoms with Gasteiger partial charge in [0.25, 0.3) is 0 Å². The highest BCUT2D eigenvalue weighted by Crippen LogP contribution is 2.47. The summed E-state index contributed by atoms with van der Waals surface area (Å²) in [5.41, 5.74) is 2.17. The normalized spacial score (nSPS) is 11.4. The predicted octanol–water partition coefficient (Wildman–Crippen LogP) is 4.35. The highest BCUT2D eigenvalue weighted by molar-refractivity contribution is 7.78. The van der Waals surface area contributed by atoms with Gasteiger partial charge in [-0.1, -0.05) is 84.9 Å². The lowest BCUT2D eigenvalue weighted by Gasteiger charge is -2.21. The molecule has 0 saturated carbocycles. The summed E-state index contributed by atoms with van der Waals surface area (Å²) in [5, 5.41) is 1.78. The summed E-state index contributed by atoms with van der Waals surface area (Å²) in [6, 6.07) is 27.7. The van der Waals surface area contributed by atoms with E-state index in [-0.39, 0.29) is 0 Å². The molecule has 0 amide bonds. The summed E-state index contributed by atoms with van der Waals surface area (Å²) >= 11 is 0. The Morgan fingerprint density at radius 2 is 1.17 bits per heavy atom. The van der Waals surface area contributed by atoms with Crippen LogP contribution in [0.2, 0.25) is 0 Å². The van der Waals surface area contributed by atoms with E-state index in [1.165, 1.54) is 0 Å². The Hall–Kier alpha value is -2.15. The number of hydrogen-bond acceptors (Lipinski definition) is 2. The Labute approximate surface area is 143 Å². The molecule has 0 aliphatic rings. The summed E-state index contributed by atoms with van der Waals surface area (Å²) in [4.78, 5) is 0. The zero-order valence-corrected chi connectivity index (χ0v) is 14.7. The van der Waals surface area contributed by atoms with Crippen LogP contribution in [0.1, 0.15) is 11.1 Å². The first kappa shape index (κ1) is 16.7. The molecule has 3 heteroatoms. The van der Waals surface area contributed by atoms with Crippen LogP contribution in [0.4, 0.5) is 0 Å². The Kier molecular flexibility index (Phi) is 5.30. The van der Waals surface area contributed by atoms with Crippen LogP contribution in [0.3, 0.4) is 0 Å². The average molecular weight is 336 g/mol. The van der Waals surface area contributed by atoms with E-state index in [0.717, 1.165) is 21.7 Å². The number of benzene rings is 3. The minimum absolute atomic E-state index is 0.501. The van der Waals surface area contributed by atoms with Gasteiger partial charge < -0.3 is 9.30 Å². The van der Waals surface area contributed by atoms with Gasteiger partial charge in [0, 0.05) is 23.9 Å². The molecule has 0 spiro atoms. The molecule has 0 saturated heterocycles. The van der Waals surface area contributed by atoms with Gasteiger partial charge in [-0.05, 0) is 11.1 Å². The van der Waals surface area contributed by atoms with E-state index in [1.807, 2.05) is 84.9 Å². The van der Waals surface area contributed by atoms with Gasteiger partial charge in [0.05, 0.1) is 6.61 Å². The molecule has 3 rings (SSSR count). The highest BCUT2D eigenvalue weighted by Gasteiger charge is 2.28. The molecule has 122 valence electrons. The zero-order valence-electron chi connectivity index (χ0n) is 13.8. The first-order chi connectivity index (χ1) is 11.7. The first-order valence-electron chi connectivity index (χ1n) is 8.00. The Morgan fingerprint density at radius 3 is 1.67 bits per heavy atom. The second kappa shape index (κ2) is 7.61. The van der Waals surface area contributed by atoms with Gasteiger partial charge in [-0.25, -0.2) is 0 Å². The van der Waals surface area contributed by atoms with Crippen LogP contribution in [0.5, 0.6) is 0 Å². The van der Waals surface area contributed by atoms with Crippen LogP contribution in [-0.4, -0.2) is 7.11 Å². The molecule has 24 heavy (non-hydrogen) atoms. The molecule has 0 N–H and O–H groups in total. The van der Waals surface area contributed by atoms with Gasteiger partial charge in [0.1, 0.15) is 7.14 Å². The van der Waals surface area contributed by atoms with Crippen molar-refractivity contribution in [2.45, 2.75) is 12.8 Å². The van der Waals surface area contributed by atoms with Crippen molar-refractivity contribution in [2.24, 2.45) is 0 Å². The predicted molar refractivity (Wildman–Crippen MR) is 101 cm³/mol. The lowest BCUT2D eigenvalue weighted by atomic mass is 10.1. The van der Waals surface area contributed by atoms with Crippen molar-refractivity contribution in [3.05, 3.63) is 96.1 Å². The number of ether oxygens (including phenoxy) is 1. The summed E-state index contributed by atoms with van der Waals surface area (Å²) in [6.07, 6.45) is 0.501. The van der Waals surface area contributed by atoms with E-state index < -0.39 is 7.14 Å². The second-order valence-electron chi connectivity index (χ2n) is 5.77. The van der Waals surface area contributed by atoms with Crippen molar-refractivity contribution in [3.63, 3.8) is 0 Å². The smallest absolute Gasteiger partial charge is 0.147 e. The van der Waals surface area contributed by atoms with E-state index in [0.29, 0.717) is 12.8 Å². The fraction of sp³-hybridized carbons (Fsp3) is 0.143. The van der Waals surface area contributed by atoms with Crippen molar-refractivity contribution in [2.75, 3.05) is 7.11 Å². The van der Waals surface area contributed by atoms with Crippen molar-refractivity contribution < 1.29 is 9.30 Å². The molecular formula is C21H21O2P. The van der Waals surface area contributed by atoms with Crippen LogP contribution in [0.25, 0.3) is 0 Å². The fourth-order valence-electron chi connectivity index (χ4n) is 2.92. The molecule has 0 bridgehead atoms. The summed E-state index contributed by atoms with van der Waals surface area (Å²) in [7, 11) is -1.07. The number of rotatable bonds is 6. The van der Waals surface area contributed by atoms with E-state index in [4.69, 9.17) is 4.74 Å². The average Bonchev–Trinajstić information content (AvgIpc) is 2.65. The van der Waals surface area contributed by atoms with Gasteiger partial charge >= 0.3 is 0 Å². The number of methoxy groups -OCH3 is 1. The van der Waals surface area contributed by atoms with E-state index in [1.54, 1.807) is 7.11 Å². The van der Waals surface area contributed by atoms with Crippen molar-refractivity contribution >= 4 is 17.8 Å². The third kappa shape index (κ3) is 3.51. The highest BCUT2D eigenvalue weighted by atomic mass is 31.2. The Morgan fingerprint density at radius 1 is 0.708 bits per heavy atom. The van der Waals surface area contributed by atoms with Gasteiger partial charge in [0.15, 0.2) is 0 Å². The molecule has 0 aliphatic carbocycles. The first-order valence-corrected chi connectivity index (χ1v) is 9.89. The topological polar surface area (TPSA) is 26.3 Å².